The van der Waals surface area contributed by atoms with Gasteiger partial charge in [-0.2, -0.15) is 0 Å². The molecule has 2 nitrogen and oxygen atoms in total. The number of fused-ring (bicyclic) bond motifs is 1. The van der Waals surface area contributed by atoms with Crippen molar-refractivity contribution in [2.24, 2.45) is 5.73 Å². The minimum Gasteiger partial charge on any atom is -0.493 e. The Balaban J connectivity index is 2.58. The molecule has 1 heterocycles. The fraction of sp³-hybridized carbons (Fsp3) is 0.538. The van der Waals surface area contributed by atoms with E-state index in [0.29, 0.717) is 5.92 Å². The van der Waals surface area contributed by atoms with Gasteiger partial charge in [0.05, 0.1) is 6.61 Å². The van der Waals surface area contributed by atoms with Gasteiger partial charge in [0.1, 0.15) is 5.75 Å². The first-order chi connectivity index (χ1) is 7.11. The average molecular weight is 205 g/mol. The number of benzene rings is 1. The number of hydrogen-bond acceptors (Lipinski definition) is 2. The van der Waals surface area contributed by atoms with Crippen LogP contribution in [0.15, 0.2) is 12.1 Å². The second-order valence-corrected chi connectivity index (χ2v) is 4.61. The van der Waals surface area contributed by atoms with Crippen LogP contribution in [0.4, 0.5) is 0 Å². The van der Waals surface area contributed by atoms with E-state index in [1.54, 1.807) is 0 Å². The Morgan fingerprint density at radius 1 is 1.40 bits per heavy atom. The largest absolute Gasteiger partial charge is 0.493 e. The summed E-state index contributed by atoms with van der Waals surface area (Å²) in [4.78, 5) is 0. The predicted molar refractivity (Wildman–Crippen MR) is 62.3 cm³/mol. The van der Waals surface area contributed by atoms with Crippen LogP contribution in [0.3, 0.4) is 0 Å². The van der Waals surface area contributed by atoms with Gasteiger partial charge in [-0.15, -0.1) is 0 Å². The van der Waals surface area contributed by atoms with E-state index in [0.717, 1.165) is 18.8 Å². The molecule has 0 amide bonds. The molecular formula is C13H19NO. The first-order valence-corrected chi connectivity index (χ1v) is 5.63. The van der Waals surface area contributed by atoms with Crippen molar-refractivity contribution >= 4 is 0 Å². The Morgan fingerprint density at radius 2 is 2.13 bits per heavy atom. The van der Waals surface area contributed by atoms with Crippen LogP contribution in [0.5, 0.6) is 5.75 Å². The molecule has 0 spiro atoms. The normalized spacial score (nSPS) is 19.9. The van der Waals surface area contributed by atoms with Crippen molar-refractivity contribution in [3.8, 4) is 5.75 Å². The van der Waals surface area contributed by atoms with Gasteiger partial charge in [-0.25, -0.2) is 0 Å². The molecule has 2 rings (SSSR count). The molecule has 0 bridgehead atoms. The fourth-order valence-corrected chi connectivity index (χ4v) is 2.22. The maximum Gasteiger partial charge on any atom is 0.127 e. The monoisotopic (exact) mass is 205 g/mol. The lowest BCUT2D eigenvalue weighted by atomic mass is 9.90. The van der Waals surface area contributed by atoms with Crippen LogP contribution >= 0.6 is 0 Å². The van der Waals surface area contributed by atoms with Gasteiger partial charge in [-0.05, 0) is 24.0 Å². The standard InChI is InChI=1S/C13H19NO/c1-8(2)10-5-4-9(3)12-11(14)6-7-15-13(10)12/h4-5,8,11H,6-7,14H2,1-3H3/t11-/m1/s1. The molecule has 2 heteroatoms. The second-order valence-electron chi connectivity index (χ2n) is 4.61. The third kappa shape index (κ3) is 1.74. The minimum atomic E-state index is 0.146. The van der Waals surface area contributed by atoms with Crippen LogP contribution < -0.4 is 10.5 Å². The highest BCUT2D eigenvalue weighted by atomic mass is 16.5. The SMILES string of the molecule is Cc1ccc(C(C)C)c2c1[C@H](N)CCO2. The number of hydrogen-bond donors (Lipinski definition) is 1. The van der Waals surface area contributed by atoms with Crippen LogP contribution in [0, 0.1) is 6.92 Å². The van der Waals surface area contributed by atoms with Gasteiger partial charge in [0, 0.05) is 18.0 Å². The highest BCUT2D eigenvalue weighted by Crippen LogP contribution is 2.39. The molecule has 0 aliphatic carbocycles. The van der Waals surface area contributed by atoms with Gasteiger partial charge in [0.25, 0.3) is 0 Å². The predicted octanol–water partition coefficient (Wildman–Crippen LogP) is 2.90. The van der Waals surface area contributed by atoms with Gasteiger partial charge in [-0.1, -0.05) is 26.0 Å². The fourth-order valence-electron chi connectivity index (χ4n) is 2.22. The van der Waals surface area contributed by atoms with Gasteiger partial charge in [0.2, 0.25) is 0 Å². The van der Waals surface area contributed by atoms with Gasteiger partial charge in [0.15, 0.2) is 0 Å². The molecule has 0 radical (unpaired) electrons. The number of nitrogens with two attached hydrogens (primary N) is 1. The summed E-state index contributed by atoms with van der Waals surface area (Å²) in [6.45, 7) is 7.23. The van der Waals surface area contributed by atoms with Crippen molar-refractivity contribution < 1.29 is 4.74 Å². The van der Waals surface area contributed by atoms with Crippen LogP contribution in [-0.2, 0) is 0 Å². The van der Waals surface area contributed by atoms with Gasteiger partial charge >= 0.3 is 0 Å². The van der Waals surface area contributed by atoms with Crippen molar-refractivity contribution in [1.29, 1.82) is 0 Å². The zero-order chi connectivity index (χ0) is 11.0. The van der Waals surface area contributed by atoms with Crippen molar-refractivity contribution in [3.05, 3.63) is 28.8 Å². The summed E-state index contributed by atoms with van der Waals surface area (Å²) in [6.07, 6.45) is 0.926. The molecule has 0 unspecified atom stereocenters. The molecule has 82 valence electrons. The van der Waals surface area contributed by atoms with Crippen molar-refractivity contribution in [2.75, 3.05) is 6.61 Å². The second kappa shape index (κ2) is 3.86. The average Bonchev–Trinajstić information content (AvgIpc) is 2.17. The van der Waals surface area contributed by atoms with Crippen molar-refractivity contribution in [3.63, 3.8) is 0 Å². The van der Waals surface area contributed by atoms with Crippen molar-refractivity contribution in [2.45, 2.75) is 39.2 Å². The molecule has 0 aromatic heterocycles. The highest BCUT2D eigenvalue weighted by molar-refractivity contribution is 5.50. The number of ether oxygens (including phenoxy) is 1. The minimum absolute atomic E-state index is 0.146. The molecule has 15 heavy (non-hydrogen) atoms. The van der Waals surface area contributed by atoms with E-state index >= 15 is 0 Å². The number of rotatable bonds is 1. The smallest absolute Gasteiger partial charge is 0.127 e. The van der Waals surface area contributed by atoms with Crippen LogP contribution in [0.1, 0.15) is 48.9 Å². The van der Waals surface area contributed by atoms with Crippen LogP contribution in [0.25, 0.3) is 0 Å². The maximum atomic E-state index is 6.14. The van der Waals surface area contributed by atoms with Crippen LogP contribution in [0.2, 0.25) is 0 Å². The summed E-state index contributed by atoms with van der Waals surface area (Å²) in [5, 5.41) is 0. The van der Waals surface area contributed by atoms with E-state index in [1.807, 2.05) is 0 Å². The molecule has 1 atom stereocenters. The molecule has 0 saturated heterocycles. The zero-order valence-electron chi connectivity index (χ0n) is 9.71. The first-order valence-electron chi connectivity index (χ1n) is 5.63. The van der Waals surface area contributed by atoms with E-state index in [-0.39, 0.29) is 6.04 Å². The highest BCUT2D eigenvalue weighted by Gasteiger charge is 2.23. The Morgan fingerprint density at radius 3 is 2.80 bits per heavy atom. The summed E-state index contributed by atoms with van der Waals surface area (Å²) >= 11 is 0. The summed E-state index contributed by atoms with van der Waals surface area (Å²) in [6, 6.07) is 4.46. The van der Waals surface area contributed by atoms with E-state index < -0.39 is 0 Å². The summed E-state index contributed by atoms with van der Waals surface area (Å²) in [5.74, 6) is 1.54. The summed E-state index contributed by atoms with van der Waals surface area (Å²) in [5.41, 5.74) is 9.89. The Labute approximate surface area is 91.4 Å². The van der Waals surface area contributed by atoms with E-state index in [1.165, 1.54) is 16.7 Å². The Kier molecular flexibility index (Phi) is 2.70. The quantitative estimate of drug-likeness (QED) is 0.765. The summed E-state index contributed by atoms with van der Waals surface area (Å²) < 4.78 is 5.79. The lowest BCUT2D eigenvalue weighted by Crippen LogP contribution is -2.22. The Bertz CT molecular complexity index is 371. The van der Waals surface area contributed by atoms with Crippen LogP contribution in [-0.4, -0.2) is 6.61 Å². The summed E-state index contributed by atoms with van der Waals surface area (Å²) in [7, 11) is 0. The first kappa shape index (κ1) is 10.5. The molecule has 2 N–H and O–H groups in total. The van der Waals surface area contributed by atoms with E-state index in [9.17, 15) is 0 Å². The molecule has 0 fully saturated rings. The Hall–Kier alpha value is -1.02. The molecular weight excluding hydrogens is 186 g/mol. The third-order valence-electron chi connectivity index (χ3n) is 3.11. The molecule has 1 aliphatic heterocycles. The topological polar surface area (TPSA) is 35.2 Å². The van der Waals surface area contributed by atoms with E-state index in [4.69, 9.17) is 10.5 Å². The third-order valence-corrected chi connectivity index (χ3v) is 3.11. The maximum absolute atomic E-state index is 6.14. The van der Waals surface area contributed by atoms with Gasteiger partial charge < -0.3 is 10.5 Å². The van der Waals surface area contributed by atoms with E-state index in [2.05, 4.69) is 32.9 Å². The lowest BCUT2D eigenvalue weighted by Gasteiger charge is -2.28. The molecule has 1 aliphatic rings. The molecule has 1 aromatic rings. The van der Waals surface area contributed by atoms with Crippen molar-refractivity contribution in [1.82, 2.24) is 0 Å². The molecule has 1 aromatic carbocycles. The number of aryl methyl sites for hydroxylation is 1. The lowest BCUT2D eigenvalue weighted by molar-refractivity contribution is 0.264. The zero-order valence-corrected chi connectivity index (χ0v) is 9.71. The molecule has 0 saturated carbocycles. The van der Waals surface area contributed by atoms with Gasteiger partial charge in [-0.3, -0.25) is 0 Å².